The number of amides is 1. The first-order valence-electron chi connectivity index (χ1n) is 7.71. The van der Waals surface area contributed by atoms with Crippen LogP contribution in [0.4, 0.5) is 5.69 Å². The molecule has 0 unspecified atom stereocenters. The van der Waals surface area contributed by atoms with Crippen LogP contribution in [0, 0.1) is 5.92 Å². The van der Waals surface area contributed by atoms with Crippen molar-refractivity contribution in [2.45, 2.75) is 12.3 Å². The number of nitrogens with one attached hydrogen (secondary N) is 1. The van der Waals surface area contributed by atoms with Gasteiger partial charge in [0.15, 0.2) is 0 Å². The molecule has 1 heterocycles. The molecule has 4 nitrogen and oxygen atoms in total. The van der Waals surface area contributed by atoms with E-state index in [0.29, 0.717) is 5.92 Å². The summed E-state index contributed by atoms with van der Waals surface area (Å²) in [6.45, 7) is 0. The van der Waals surface area contributed by atoms with Gasteiger partial charge < -0.3 is 5.32 Å². The number of pyridine rings is 1. The Labute approximate surface area is 134 Å². The summed E-state index contributed by atoms with van der Waals surface area (Å²) in [5.41, 5.74) is 2.02. The van der Waals surface area contributed by atoms with Crippen LogP contribution in [-0.2, 0) is 4.79 Å². The molecule has 0 bridgehead atoms. The molecule has 1 amide bonds. The molecule has 0 aliphatic heterocycles. The highest BCUT2D eigenvalue weighted by atomic mass is 16.5. The summed E-state index contributed by atoms with van der Waals surface area (Å²) in [7, 11) is 0. The summed E-state index contributed by atoms with van der Waals surface area (Å²) in [6.07, 6.45) is 4.11. The number of benzene rings is 2. The van der Waals surface area contributed by atoms with Gasteiger partial charge in [0.25, 0.3) is 0 Å². The van der Waals surface area contributed by atoms with E-state index in [2.05, 4.69) is 17.4 Å². The molecule has 4 rings (SSSR count). The molecule has 2 aromatic carbocycles. The molecule has 1 aliphatic carbocycles. The lowest BCUT2D eigenvalue weighted by Crippen LogP contribution is -2.27. The standard InChI is InChI=1S/C19H16N2O2/c22-19(18-11-17(18)13-4-2-1-3-5-13)20-16-7-6-15-12-21(23)9-8-14(15)10-16/h1-10,12,17-18,23H,11H2/p+1/t17-,18+/m0/s1. The summed E-state index contributed by atoms with van der Waals surface area (Å²) in [5.74, 6) is 0.472. The van der Waals surface area contributed by atoms with Crippen LogP contribution in [0.2, 0.25) is 0 Å². The fourth-order valence-electron chi connectivity index (χ4n) is 3.04. The van der Waals surface area contributed by atoms with Crippen molar-refractivity contribution < 1.29 is 14.7 Å². The average Bonchev–Trinajstić information content (AvgIpc) is 3.37. The first-order chi connectivity index (χ1) is 11.2. The Balaban J connectivity index is 1.48. The summed E-state index contributed by atoms with van der Waals surface area (Å²) >= 11 is 0. The normalized spacial score (nSPS) is 19.5. The highest BCUT2D eigenvalue weighted by molar-refractivity contribution is 5.97. The number of rotatable bonds is 3. The van der Waals surface area contributed by atoms with E-state index in [1.54, 1.807) is 12.4 Å². The monoisotopic (exact) mass is 305 g/mol. The SMILES string of the molecule is O=C(Nc1ccc2c[n+](O)ccc2c1)[C@@H]1C[C@H]1c1ccccc1. The van der Waals surface area contributed by atoms with Gasteiger partial charge in [-0.05, 0) is 41.5 Å². The highest BCUT2D eigenvalue weighted by Crippen LogP contribution is 2.47. The van der Waals surface area contributed by atoms with Gasteiger partial charge in [0.2, 0.25) is 18.3 Å². The van der Waals surface area contributed by atoms with Gasteiger partial charge in [-0.2, -0.15) is 0 Å². The Morgan fingerprint density at radius 3 is 2.74 bits per heavy atom. The van der Waals surface area contributed by atoms with E-state index in [1.165, 1.54) is 5.56 Å². The molecule has 1 saturated carbocycles. The molecule has 1 fully saturated rings. The van der Waals surface area contributed by atoms with Crippen molar-refractivity contribution in [3.8, 4) is 0 Å². The molecule has 0 radical (unpaired) electrons. The Morgan fingerprint density at radius 2 is 1.91 bits per heavy atom. The zero-order chi connectivity index (χ0) is 15.8. The minimum atomic E-state index is 0.0588. The van der Waals surface area contributed by atoms with Crippen molar-refractivity contribution >= 4 is 22.4 Å². The van der Waals surface area contributed by atoms with E-state index in [0.717, 1.165) is 27.6 Å². The second-order valence-electron chi connectivity index (χ2n) is 6.02. The van der Waals surface area contributed by atoms with Gasteiger partial charge in [-0.3, -0.25) is 10.0 Å². The van der Waals surface area contributed by atoms with Gasteiger partial charge >= 0.3 is 0 Å². The Bertz CT molecular complexity index is 877. The van der Waals surface area contributed by atoms with E-state index in [9.17, 15) is 10.0 Å². The van der Waals surface area contributed by atoms with E-state index in [1.807, 2.05) is 42.5 Å². The summed E-state index contributed by atoms with van der Waals surface area (Å²) < 4.78 is 1.02. The lowest BCUT2D eigenvalue weighted by atomic mass is 10.1. The predicted molar refractivity (Wildman–Crippen MR) is 87.2 cm³/mol. The second kappa shape index (κ2) is 5.39. The van der Waals surface area contributed by atoms with Gasteiger partial charge in [0, 0.05) is 22.4 Å². The lowest BCUT2D eigenvalue weighted by molar-refractivity contribution is -0.903. The highest BCUT2D eigenvalue weighted by Gasteiger charge is 2.43. The quantitative estimate of drug-likeness (QED) is 0.577. The molecule has 114 valence electrons. The predicted octanol–water partition coefficient (Wildman–Crippen LogP) is 3.11. The van der Waals surface area contributed by atoms with E-state index < -0.39 is 0 Å². The van der Waals surface area contributed by atoms with Gasteiger partial charge in [-0.25, -0.2) is 0 Å². The van der Waals surface area contributed by atoms with Gasteiger partial charge in [-0.1, -0.05) is 30.3 Å². The smallest absolute Gasteiger partial charge is 0.230 e. The Hall–Kier alpha value is -2.88. The van der Waals surface area contributed by atoms with Crippen LogP contribution in [0.25, 0.3) is 10.8 Å². The fraction of sp³-hybridized carbons (Fsp3) is 0.158. The molecule has 2 N–H and O–H groups in total. The second-order valence-corrected chi connectivity index (χ2v) is 6.02. The first-order valence-corrected chi connectivity index (χ1v) is 7.71. The zero-order valence-corrected chi connectivity index (χ0v) is 12.5. The number of anilines is 1. The third-order valence-electron chi connectivity index (χ3n) is 4.39. The molecule has 0 saturated heterocycles. The molecule has 1 aliphatic rings. The maximum absolute atomic E-state index is 12.4. The zero-order valence-electron chi connectivity index (χ0n) is 12.5. The van der Waals surface area contributed by atoms with Gasteiger partial charge in [0.05, 0.1) is 5.39 Å². The summed E-state index contributed by atoms with van der Waals surface area (Å²) in [4.78, 5) is 12.4. The van der Waals surface area contributed by atoms with E-state index in [-0.39, 0.29) is 11.8 Å². The molecular weight excluding hydrogens is 288 g/mol. The van der Waals surface area contributed by atoms with Crippen LogP contribution in [0.3, 0.4) is 0 Å². The number of aromatic nitrogens is 1. The third-order valence-corrected chi connectivity index (χ3v) is 4.39. The largest absolute Gasteiger partial charge is 0.326 e. The molecule has 4 heteroatoms. The van der Waals surface area contributed by atoms with Crippen LogP contribution in [0.1, 0.15) is 17.9 Å². The Morgan fingerprint density at radius 1 is 1.09 bits per heavy atom. The molecular formula is C19H17N2O2+. The maximum atomic E-state index is 12.4. The summed E-state index contributed by atoms with van der Waals surface area (Å²) in [6, 6.07) is 17.7. The summed E-state index contributed by atoms with van der Waals surface area (Å²) in [5, 5.41) is 14.3. The number of hydrogen-bond acceptors (Lipinski definition) is 2. The minimum absolute atomic E-state index is 0.0588. The van der Waals surface area contributed by atoms with Gasteiger partial charge in [0.1, 0.15) is 0 Å². The third kappa shape index (κ3) is 2.75. The number of hydrogen-bond donors (Lipinski definition) is 2. The van der Waals surface area contributed by atoms with Crippen LogP contribution in [0.15, 0.2) is 67.0 Å². The number of fused-ring (bicyclic) bond motifs is 1. The van der Waals surface area contributed by atoms with Crippen molar-refractivity contribution in [3.05, 3.63) is 72.6 Å². The molecule has 0 spiro atoms. The average molecular weight is 305 g/mol. The molecule has 1 aromatic heterocycles. The van der Waals surface area contributed by atoms with Crippen molar-refractivity contribution in [2.24, 2.45) is 5.92 Å². The topological polar surface area (TPSA) is 53.2 Å². The lowest BCUT2D eigenvalue weighted by Gasteiger charge is -2.06. The molecule has 23 heavy (non-hydrogen) atoms. The Kier molecular flexibility index (Phi) is 3.23. The molecule has 3 aromatic rings. The van der Waals surface area contributed by atoms with Crippen LogP contribution in [-0.4, -0.2) is 11.1 Å². The maximum Gasteiger partial charge on any atom is 0.230 e. The van der Waals surface area contributed by atoms with Crippen molar-refractivity contribution in [2.75, 3.05) is 5.32 Å². The van der Waals surface area contributed by atoms with Crippen molar-refractivity contribution in [1.82, 2.24) is 0 Å². The minimum Gasteiger partial charge on any atom is -0.326 e. The van der Waals surface area contributed by atoms with E-state index >= 15 is 0 Å². The number of nitrogens with zero attached hydrogens (tertiary/aromatic N) is 1. The fourth-order valence-corrected chi connectivity index (χ4v) is 3.04. The van der Waals surface area contributed by atoms with Crippen molar-refractivity contribution in [3.63, 3.8) is 0 Å². The van der Waals surface area contributed by atoms with Crippen LogP contribution in [0.5, 0.6) is 0 Å². The van der Waals surface area contributed by atoms with Crippen LogP contribution < -0.4 is 10.0 Å². The van der Waals surface area contributed by atoms with Gasteiger partial charge in [-0.15, -0.1) is 0 Å². The van der Waals surface area contributed by atoms with Crippen LogP contribution >= 0.6 is 0 Å². The first kappa shape index (κ1) is 13.8. The number of carbonyl (C=O) groups is 1. The number of carbonyl (C=O) groups excluding carboxylic acids is 1. The van der Waals surface area contributed by atoms with Crippen molar-refractivity contribution in [1.29, 1.82) is 0 Å². The molecule has 2 atom stereocenters. The van der Waals surface area contributed by atoms with E-state index in [4.69, 9.17) is 0 Å².